The van der Waals surface area contributed by atoms with Crippen LogP contribution in [0.25, 0.3) is 0 Å². The molecule has 2 N–H and O–H groups in total. The number of aliphatic hydroxyl groups is 1. The zero-order valence-corrected chi connectivity index (χ0v) is 8.56. The third kappa shape index (κ3) is 1.44. The van der Waals surface area contributed by atoms with Crippen molar-refractivity contribution in [3.8, 4) is 0 Å². The van der Waals surface area contributed by atoms with E-state index in [0.29, 0.717) is 6.04 Å². The first-order chi connectivity index (χ1) is 7.28. The van der Waals surface area contributed by atoms with E-state index in [1.807, 2.05) is 6.20 Å². The SMILES string of the molecule is OC1CC2CCC(c3cnccn3)(C1)N2. The molecule has 0 spiro atoms. The summed E-state index contributed by atoms with van der Waals surface area (Å²) in [5.74, 6) is 0. The maximum absolute atomic E-state index is 9.83. The fourth-order valence-corrected chi connectivity index (χ4v) is 2.96. The van der Waals surface area contributed by atoms with Crippen LogP contribution < -0.4 is 5.32 Å². The fourth-order valence-electron chi connectivity index (χ4n) is 2.96. The summed E-state index contributed by atoms with van der Waals surface area (Å²) in [5, 5.41) is 13.4. The molecule has 3 unspecified atom stereocenters. The van der Waals surface area contributed by atoms with Crippen molar-refractivity contribution in [3.05, 3.63) is 24.3 Å². The van der Waals surface area contributed by atoms with Crippen molar-refractivity contribution in [1.82, 2.24) is 15.3 Å². The maximum Gasteiger partial charge on any atom is 0.0788 e. The Morgan fingerprint density at radius 1 is 1.47 bits per heavy atom. The Kier molecular flexibility index (Phi) is 2.00. The molecule has 0 amide bonds. The highest BCUT2D eigenvalue weighted by molar-refractivity contribution is 5.18. The average Bonchev–Trinajstić information content (AvgIpc) is 2.57. The lowest BCUT2D eigenvalue weighted by atomic mass is 9.86. The topological polar surface area (TPSA) is 58.0 Å². The van der Waals surface area contributed by atoms with Crippen molar-refractivity contribution in [1.29, 1.82) is 0 Å². The number of fused-ring (bicyclic) bond motifs is 2. The number of aromatic nitrogens is 2. The first kappa shape index (κ1) is 9.24. The van der Waals surface area contributed by atoms with Crippen LogP contribution >= 0.6 is 0 Å². The molecule has 0 aliphatic carbocycles. The summed E-state index contributed by atoms with van der Waals surface area (Å²) in [7, 11) is 0. The molecule has 1 aromatic heterocycles. The van der Waals surface area contributed by atoms with Crippen molar-refractivity contribution in [2.24, 2.45) is 0 Å². The molecule has 2 fully saturated rings. The van der Waals surface area contributed by atoms with Crippen LogP contribution in [-0.2, 0) is 5.54 Å². The van der Waals surface area contributed by atoms with Crippen LogP contribution in [0.2, 0.25) is 0 Å². The number of rotatable bonds is 1. The standard InChI is InChI=1S/C11H15N3O/c15-9-5-8-1-2-11(6-9,14-8)10-7-12-3-4-13-10/h3-4,7-9,14-15H,1-2,5-6H2. The molecular weight excluding hydrogens is 190 g/mol. The molecular formula is C11H15N3O. The van der Waals surface area contributed by atoms with E-state index in [0.717, 1.165) is 31.4 Å². The lowest BCUT2D eigenvalue weighted by molar-refractivity contribution is 0.0784. The highest BCUT2D eigenvalue weighted by Crippen LogP contribution is 2.41. The van der Waals surface area contributed by atoms with Gasteiger partial charge in [-0.2, -0.15) is 0 Å². The molecule has 3 atom stereocenters. The third-order valence-electron chi connectivity index (χ3n) is 3.59. The zero-order chi connectivity index (χ0) is 10.3. The molecule has 0 aromatic carbocycles. The highest BCUT2D eigenvalue weighted by Gasteiger charge is 2.46. The van der Waals surface area contributed by atoms with E-state index in [2.05, 4.69) is 15.3 Å². The van der Waals surface area contributed by atoms with Crippen molar-refractivity contribution in [2.45, 2.75) is 43.4 Å². The summed E-state index contributed by atoms with van der Waals surface area (Å²) < 4.78 is 0. The number of piperidine rings is 1. The average molecular weight is 205 g/mol. The van der Waals surface area contributed by atoms with E-state index >= 15 is 0 Å². The van der Waals surface area contributed by atoms with Crippen LogP contribution in [0.4, 0.5) is 0 Å². The molecule has 1 aromatic rings. The van der Waals surface area contributed by atoms with Gasteiger partial charge in [-0.15, -0.1) is 0 Å². The third-order valence-corrected chi connectivity index (χ3v) is 3.59. The van der Waals surface area contributed by atoms with E-state index in [-0.39, 0.29) is 11.6 Å². The molecule has 2 saturated heterocycles. The van der Waals surface area contributed by atoms with Crippen LogP contribution in [0.15, 0.2) is 18.6 Å². The van der Waals surface area contributed by atoms with Crippen LogP contribution in [0, 0.1) is 0 Å². The van der Waals surface area contributed by atoms with Gasteiger partial charge in [0.05, 0.1) is 23.5 Å². The zero-order valence-electron chi connectivity index (χ0n) is 8.56. The highest BCUT2D eigenvalue weighted by atomic mass is 16.3. The van der Waals surface area contributed by atoms with Gasteiger partial charge in [0.25, 0.3) is 0 Å². The van der Waals surface area contributed by atoms with Crippen LogP contribution in [0.5, 0.6) is 0 Å². The largest absolute Gasteiger partial charge is 0.393 e. The van der Waals surface area contributed by atoms with Gasteiger partial charge >= 0.3 is 0 Å². The predicted octanol–water partition coefficient (Wildman–Crippen LogP) is 0.579. The lowest BCUT2D eigenvalue weighted by Gasteiger charge is -2.36. The molecule has 2 bridgehead atoms. The lowest BCUT2D eigenvalue weighted by Crippen LogP contribution is -2.49. The molecule has 4 heteroatoms. The molecule has 4 nitrogen and oxygen atoms in total. The van der Waals surface area contributed by atoms with E-state index in [9.17, 15) is 5.11 Å². The maximum atomic E-state index is 9.83. The van der Waals surface area contributed by atoms with E-state index in [4.69, 9.17) is 0 Å². The minimum absolute atomic E-state index is 0.114. The van der Waals surface area contributed by atoms with Gasteiger partial charge in [0.2, 0.25) is 0 Å². The Morgan fingerprint density at radius 3 is 3.20 bits per heavy atom. The first-order valence-electron chi connectivity index (χ1n) is 5.51. The van der Waals surface area contributed by atoms with Crippen molar-refractivity contribution in [2.75, 3.05) is 0 Å². The van der Waals surface area contributed by atoms with Gasteiger partial charge in [0.15, 0.2) is 0 Å². The number of nitrogens with zero attached hydrogens (tertiary/aromatic N) is 2. The number of nitrogens with one attached hydrogen (secondary N) is 1. The van der Waals surface area contributed by atoms with E-state index < -0.39 is 0 Å². The molecule has 80 valence electrons. The van der Waals surface area contributed by atoms with Gasteiger partial charge in [-0.25, -0.2) is 0 Å². The fraction of sp³-hybridized carbons (Fsp3) is 0.636. The molecule has 15 heavy (non-hydrogen) atoms. The van der Waals surface area contributed by atoms with Crippen molar-refractivity contribution in [3.63, 3.8) is 0 Å². The van der Waals surface area contributed by atoms with E-state index in [1.165, 1.54) is 0 Å². The van der Waals surface area contributed by atoms with Crippen LogP contribution in [-0.4, -0.2) is 27.2 Å². The Labute approximate surface area is 88.8 Å². The summed E-state index contributed by atoms with van der Waals surface area (Å²) in [6.45, 7) is 0. The van der Waals surface area contributed by atoms with Gasteiger partial charge in [0.1, 0.15) is 0 Å². The summed E-state index contributed by atoms with van der Waals surface area (Å²) in [5.41, 5.74) is 0.864. The normalized spacial score (nSPS) is 39.3. The predicted molar refractivity (Wildman–Crippen MR) is 55.1 cm³/mol. The molecule has 0 saturated carbocycles. The number of hydrogen-bond acceptors (Lipinski definition) is 4. The van der Waals surface area contributed by atoms with E-state index in [1.54, 1.807) is 12.4 Å². The monoisotopic (exact) mass is 205 g/mol. The summed E-state index contributed by atoms with van der Waals surface area (Å²) in [6.07, 6.45) is 8.87. The smallest absolute Gasteiger partial charge is 0.0788 e. The first-order valence-corrected chi connectivity index (χ1v) is 5.51. The molecule has 0 radical (unpaired) electrons. The van der Waals surface area contributed by atoms with Gasteiger partial charge in [0, 0.05) is 18.4 Å². The molecule has 3 rings (SSSR count). The van der Waals surface area contributed by atoms with Gasteiger partial charge in [-0.1, -0.05) is 0 Å². The Morgan fingerprint density at radius 2 is 2.40 bits per heavy atom. The van der Waals surface area contributed by atoms with Crippen molar-refractivity contribution < 1.29 is 5.11 Å². The molecule has 2 aliphatic rings. The summed E-state index contributed by atoms with van der Waals surface area (Å²) in [6, 6.07) is 0.454. The molecule has 2 aliphatic heterocycles. The van der Waals surface area contributed by atoms with Gasteiger partial charge < -0.3 is 10.4 Å². The minimum Gasteiger partial charge on any atom is -0.393 e. The van der Waals surface area contributed by atoms with Gasteiger partial charge in [-0.05, 0) is 25.7 Å². The van der Waals surface area contributed by atoms with Crippen molar-refractivity contribution >= 4 is 0 Å². The Balaban J connectivity index is 1.97. The second-order valence-corrected chi connectivity index (χ2v) is 4.65. The van der Waals surface area contributed by atoms with Crippen LogP contribution in [0.1, 0.15) is 31.4 Å². The van der Waals surface area contributed by atoms with Gasteiger partial charge in [-0.3, -0.25) is 9.97 Å². The minimum atomic E-state index is -0.194. The second kappa shape index (κ2) is 3.25. The Bertz CT molecular complexity index is 356. The molecule has 3 heterocycles. The summed E-state index contributed by atoms with van der Waals surface area (Å²) >= 11 is 0. The number of aliphatic hydroxyl groups excluding tert-OH is 1. The quantitative estimate of drug-likeness (QED) is 0.704. The van der Waals surface area contributed by atoms with Crippen LogP contribution in [0.3, 0.4) is 0 Å². The second-order valence-electron chi connectivity index (χ2n) is 4.65. The number of hydrogen-bond donors (Lipinski definition) is 2. The summed E-state index contributed by atoms with van der Waals surface area (Å²) in [4.78, 5) is 8.48. The Hall–Kier alpha value is -1.00.